The summed E-state index contributed by atoms with van der Waals surface area (Å²) in [6.45, 7) is 13.0. The van der Waals surface area contributed by atoms with Gasteiger partial charge in [-0.15, -0.1) is 0 Å². The molecule has 0 spiro atoms. The Labute approximate surface area is 163 Å². The maximum atomic E-state index is 12.8. The molecular formula is C22H34N2O3. The summed E-state index contributed by atoms with van der Waals surface area (Å²) in [5.74, 6) is 1.40. The number of carbonyl (C=O) groups is 2. The van der Waals surface area contributed by atoms with E-state index in [1.165, 1.54) is 5.56 Å². The van der Waals surface area contributed by atoms with Crippen LogP contribution in [0.2, 0.25) is 0 Å². The van der Waals surface area contributed by atoms with E-state index in [4.69, 9.17) is 4.74 Å². The molecule has 1 aliphatic rings. The van der Waals surface area contributed by atoms with Crippen LogP contribution < -0.4 is 4.74 Å². The van der Waals surface area contributed by atoms with Crippen molar-refractivity contribution >= 4 is 11.8 Å². The van der Waals surface area contributed by atoms with Gasteiger partial charge in [0.2, 0.25) is 11.8 Å². The van der Waals surface area contributed by atoms with Gasteiger partial charge in [0.1, 0.15) is 5.75 Å². The Balaban J connectivity index is 2.01. The third-order valence-electron chi connectivity index (χ3n) is 5.06. The number of benzene rings is 1. The van der Waals surface area contributed by atoms with Crippen molar-refractivity contribution in [3.8, 4) is 5.75 Å². The van der Waals surface area contributed by atoms with E-state index in [1.807, 2.05) is 15.9 Å². The van der Waals surface area contributed by atoms with Crippen molar-refractivity contribution in [2.75, 3.05) is 33.3 Å². The van der Waals surface area contributed by atoms with E-state index in [1.54, 1.807) is 7.11 Å². The first kappa shape index (κ1) is 21.3. The molecule has 0 bridgehead atoms. The minimum atomic E-state index is 0.0203. The van der Waals surface area contributed by atoms with Crippen molar-refractivity contribution in [2.45, 2.75) is 52.9 Å². The van der Waals surface area contributed by atoms with Crippen LogP contribution in [0, 0.1) is 5.92 Å². The van der Waals surface area contributed by atoms with Crippen LogP contribution >= 0.6 is 0 Å². The Bertz CT molecular complexity index is 669. The number of hydrogen-bond acceptors (Lipinski definition) is 3. The molecule has 0 atom stereocenters. The number of carbonyl (C=O) groups excluding carboxylic acids is 2. The third-order valence-corrected chi connectivity index (χ3v) is 5.06. The largest absolute Gasteiger partial charge is 0.496 e. The van der Waals surface area contributed by atoms with E-state index in [2.05, 4.69) is 46.8 Å². The molecule has 150 valence electrons. The summed E-state index contributed by atoms with van der Waals surface area (Å²) in [4.78, 5) is 28.8. The van der Waals surface area contributed by atoms with Crippen molar-refractivity contribution in [2.24, 2.45) is 5.92 Å². The fourth-order valence-electron chi connectivity index (χ4n) is 3.34. The fraction of sp³-hybridized carbons (Fsp3) is 0.636. The SMILES string of the molecule is COc1ccc(C(C)(C)C)cc1CC(=O)N1CCN(C(=O)CC(C)C)CC1. The molecule has 0 saturated carbocycles. The molecule has 0 unspecified atom stereocenters. The average molecular weight is 375 g/mol. The molecule has 1 fully saturated rings. The molecule has 1 heterocycles. The Morgan fingerprint density at radius 3 is 2.07 bits per heavy atom. The van der Waals surface area contributed by atoms with E-state index in [-0.39, 0.29) is 17.2 Å². The highest BCUT2D eigenvalue weighted by Crippen LogP contribution is 2.28. The number of methoxy groups -OCH3 is 1. The molecule has 1 aliphatic heterocycles. The predicted molar refractivity (Wildman–Crippen MR) is 108 cm³/mol. The van der Waals surface area contributed by atoms with Crippen LogP contribution in [0.4, 0.5) is 0 Å². The van der Waals surface area contributed by atoms with E-state index >= 15 is 0 Å². The van der Waals surface area contributed by atoms with Crippen molar-refractivity contribution in [1.82, 2.24) is 9.80 Å². The summed E-state index contributed by atoms with van der Waals surface area (Å²) in [6, 6.07) is 6.09. The lowest BCUT2D eigenvalue weighted by Gasteiger charge is -2.35. The summed E-state index contributed by atoms with van der Waals surface area (Å²) >= 11 is 0. The minimum Gasteiger partial charge on any atom is -0.496 e. The van der Waals surface area contributed by atoms with Crippen LogP contribution in [-0.2, 0) is 21.4 Å². The van der Waals surface area contributed by atoms with Crippen LogP contribution in [-0.4, -0.2) is 54.9 Å². The van der Waals surface area contributed by atoms with Gasteiger partial charge in [-0.25, -0.2) is 0 Å². The molecule has 5 heteroatoms. The van der Waals surface area contributed by atoms with Gasteiger partial charge < -0.3 is 14.5 Å². The zero-order chi connectivity index (χ0) is 20.2. The maximum absolute atomic E-state index is 12.8. The molecule has 27 heavy (non-hydrogen) atoms. The van der Waals surface area contributed by atoms with Crippen molar-refractivity contribution < 1.29 is 14.3 Å². The normalized spacial score (nSPS) is 15.2. The number of rotatable bonds is 5. The van der Waals surface area contributed by atoms with Gasteiger partial charge in [-0.05, 0) is 23.0 Å². The quantitative estimate of drug-likeness (QED) is 0.795. The van der Waals surface area contributed by atoms with Gasteiger partial charge in [0.05, 0.1) is 13.5 Å². The van der Waals surface area contributed by atoms with Gasteiger partial charge >= 0.3 is 0 Å². The summed E-state index contributed by atoms with van der Waals surface area (Å²) in [5, 5.41) is 0. The first-order valence-electron chi connectivity index (χ1n) is 9.84. The monoisotopic (exact) mass is 374 g/mol. The molecule has 0 aliphatic carbocycles. The van der Waals surface area contributed by atoms with Crippen LogP contribution in [0.25, 0.3) is 0 Å². The molecule has 5 nitrogen and oxygen atoms in total. The lowest BCUT2D eigenvalue weighted by Crippen LogP contribution is -2.51. The average Bonchev–Trinajstić information content (AvgIpc) is 2.60. The number of piperazine rings is 1. The third kappa shape index (κ3) is 5.72. The van der Waals surface area contributed by atoms with Crippen molar-refractivity contribution in [1.29, 1.82) is 0 Å². The zero-order valence-corrected chi connectivity index (χ0v) is 17.7. The molecule has 0 aromatic heterocycles. The molecule has 1 aromatic carbocycles. The lowest BCUT2D eigenvalue weighted by atomic mass is 9.85. The molecule has 2 amide bonds. The van der Waals surface area contributed by atoms with E-state index in [0.29, 0.717) is 44.9 Å². The Kier molecular flexibility index (Phi) is 6.90. The second kappa shape index (κ2) is 8.77. The predicted octanol–water partition coefficient (Wildman–Crippen LogP) is 3.25. The first-order chi connectivity index (χ1) is 12.6. The van der Waals surface area contributed by atoms with Gasteiger partial charge in [0, 0.05) is 38.2 Å². The Morgan fingerprint density at radius 1 is 1.04 bits per heavy atom. The Morgan fingerprint density at radius 2 is 1.59 bits per heavy atom. The van der Waals surface area contributed by atoms with Gasteiger partial charge in [0.15, 0.2) is 0 Å². The van der Waals surface area contributed by atoms with Crippen LogP contribution in [0.5, 0.6) is 5.75 Å². The number of amides is 2. The highest BCUT2D eigenvalue weighted by molar-refractivity contribution is 5.80. The molecule has 1 aromatic rings. The molecule has 2 rings (SSSR count). The molecular weight excluding hydrogens is 340 g/mol. The maximum Gasteiger partial charge on any atom is 0.227 e. The second-order valence-electron chi connectivity index (χ2n) is 8.81. The summed E-state index contributed by atoms with van der Waals surface area (Å²) in [5.41, 5.74) is 2.13. The van der Waals surface area contributed by atoms with E-state index in [0.717, 1.165) is 11.3 Å². The highest BCUT2D eigenvalue weighted by Gasteiger charge is 2.25. The minimum absolute atomic E-state index is 0.0203. The number of hydrogen-bond donors (Lipinski definition) is 0. The lowest BCUT2D eigenvalue weighted by molar-refractivity contribution is -0.139. The summed E-state index contributed by atoms with van der Waals surface area (Å²) in [7, 11) is 1.64. The van der Waals surface area contributed by atoms with Gasteiger partial charge in [-0.1, -0.05) is 46.8 Å². The fourth-order valence-corrected chi connectivity index (χ4v) is 3.34. The van der Waals surface area contributed by atoms with Crippen molar-refractivity contribution in [3.05, 3.63) is 29.3 Å². The molecule has 1 saturated heterocycles. The molecule has 0 N–H and O–H groups in total. The molecule has 0 radical (unpaired) electrons. The second-order valence-corrected chi connectivity index (χ2v) is 8.81. The number of nitrogens with zero attached hydrogens (tertiary/aromatic N) is 2. The smallest absolute Gasteiger partial charge is 0.227 e. The summed E-state index contributed by atoms with van der Waals surface area (Å²) in [6.07, 6.45) is 0.901. The van der Waals surface area contributed by atoms with Crippen molar-refractivity contribution in [3.63, 3.8) is 0 Å². The van der Waals surface area contributed by atoms with Crippen LogP contribution in [0.1, 0.15) is 52.2 Å². The highest BCUT2D eigenvalue weighted by atomic mass is 16.5. The van der Waals surface area contributed by atoms with Crippen LogP contribution in [0.3, 0.4) is 0 Å². The zero-order valence-electron chi connectivity index (χ0n) is 17.7. The standard InChI is InChI=1S/C22H34N2O3/c1-16(2)13-20(25)23-9-11-24(12-10-23)21(26)15-17-14-18(22(3,4)5)7-8-19(17)27-6/h7-8,14,16H,9-13,15H2,1-6H3. The van der Waals surface area contributed by atoms with Crippen LogP contribution in [0.15, 0.2) is 18.2 Å². The Hall–Kier alpha value is -2.04. The first-order valence-corrected chi connectivity index (χ1v) is 9.84. The topological polar surface area (TPSA) is 49.9 Å². The number of ether oxygens (including phenoxy) is 1. The van der Waals surface area contributed by atoms with Gasteiger partial charge in [-0.2, -0.15) is 0 Å². The van der Waals surface area contributed by atoms with E-state index in [9.17, 15) is 9.59 Å². The van der Waals surface area contributed by atoms with Gasteiger partial charge in [0.25, 0.3) is 0 Å². The van der Waals surface area contributed by atoms with E-state index < -0.39 is 0 Å². The van der Waals surface area contributed by atoms with Gasteiger partial charge in [-0.3, -0.25) is 9.59 Å². The summed E-state index contributed by atoms with van der Waals surface area (Å²) < 4.78 is 5.46.